The summed E-state index contributed by atoms with van der Waals surface area (Å²) in [5.41, 5.74) is 6.86. The summed E-state index contributed by atoms with van der Waals surface area (Å²) in [6.07, 6.45) is 6.99. The van der Waals surface area contributed by atoms with Gasteiger partial charge in [0.05, 0.1) is 6.04 Å². The molecule has 1 unspecified atom stereocenters. The van der Waals surface area contributed by atoms with Crippen LogP contribution in [0, 0.1) is 29.6 Å². The van der Waals surface area contributed by atoms with Crippen molar-refractivity contribution in [2.24, 2.45) is 35.3 Å². The number of hydrogen-bond acceptors (Lipinski definition) is 4. The Morgan fingerprint density at radius 1 is 1.15 bits per heavy atom. The molecule has 0 saturated heterocycles. The minimum absolute atomic E-state index is 0.206. The Kier molecular flexibility index (Phi) is 2.78. The molecule has 4 bridgehead atoms. The van der Waals surface area contributed by atoms with E-state index in [0.29, 0.717) is 17.7 Å². The maximum absolute atomic E-state index is 5.80. The molecule has 20 heavy (non-hydrogen) atoms. The van der Waals surface area contributed by atoms with Crippen LogP contribution in [0.4, 0.5) is 0 Å². The predicted octanol–water partition coefficient (Wildman–Crippen LogP) is 3.17. The summed E-state index contributed by atoms with van der Waals surface area (Å²) in [5, 5.41) is 8.22. The second-order valence-corrected chi connectivity index (χ2v) is 7.22. The maximum atomic E-state index is 5.80. The second-order valence-electron chi connectivity index (χ2n) is 7.22. The van der Waals surface area contributed by atoms with E-state index in [1.165, 1.54) is 32.1 Å². The van der Waals surface area contributed by atoms with Gasteiger partial charge in [0.25, 0.3) is 0 Å². The van der Waals surface area contributed by atoms with Crippen molar-refractivity contribution in [1.82, 2.24) is 10.2 Å². The van der Waals surface area contributed by atoms with Crippen LogP contribution < -0.4 is 5.73 Å². The molecule has 0 aromatic carbocycles. The molecule has 2 N–H and O–H groups in total. The van der Waals surface area contributed by atoms with Gasteiger partial charge in [0.2, 0.25) is 11.8 Å². The Labute approximate surface area is 119 Å². The average Bonchev–Trinajstić information content (AvgIpc) is 2.86. The van der Waals surface area contributed by atoms with E-state index in [0.717, 1.165) is 29.2 Å². The average molecular weight is 273 g/mol. The van der Waals surface area contributed by atoms with Crippen molar-refractivity contribution in [3.8, 4) is 0 Å². The summed E-state index contributed by atoms with van der Waals surface area (Å²) in [6.45, 7) is 6.17. The fraction of sp³-hybridized carbons (Fsp3) is 0.750. The van der Waals surface area contributed by atoms with Crippen molar-refractivity contribution < 1.29 is 4.42 Å². The molecular weight excluding hydrogens is 250 g/mol. The van der Waals surface area contributed by atoms with Crippen LogP contribution in [0.25, 0.3) is 5.57 Å². The van der Waals surface area contributed by atoms with E-state index in [9.17, 15) is 0 Å². The molecule has 4 aliphatic carbocycles. The molecule has 5 rings (SSSR count). The van der Waals surface area contributed by atoms with Crippen LogP contribution in [0.3, 0.4) is 0 Å². The van der Waals surface area contributed by atoms with Gasteiger partial charge in [-0.1, -0.05) is 6.58 Å². The molecular formula is C16H23N3O. The van der Waals surface area contributed by atoms with Gasteiger partial charge in [0, 0.05) is 5.57 Å². The lowest BCUT2D eigenvalue weighted by molar-refractivity contribution is -0.0125. The van der Waals surface area contributed by atoms with Gasteiger partial charge in [-0.3, -0.25) is 0 Å². The van der Waals surface area contributed by atoms with Crippen molar-refractivity contribution >= 4 is 5.57 Å². The van der Waals surface area contributed by atoms with Gasteiger partial charge in [0.15, 0.2) is 0 Å². The SMILES string of the molecule is C=C(c1nnc(C(C)N)o1)C1C2CC3CC(C2)CC1C3. The Balaban J connectivity index is 1.59. The first kappa shape index (κ1) is 12.6. The van der Waals surface area contributed by atoms with Gasteiger partial charge in [-0.15, -0.1) is 10.2 Å². The Hall–Kier alpha value is -1.16. The lowest BCUT2D eigenvalue weighted by Gasteiger charge is -2.54. The smallest absolute Gasteiger partial charge is 0.243 e. The number of aromatic nitrogens is 2. The molecule has 1 atom stereocenters. The fourth-order valence-corrected chi connectivity index (χ4v) is 5.19. The summed E-state index contributed by atoms with van der Waals surface area (Å²) in [5.74, 6) is 5.24. The Morgan fingerprint density at radius 3 is 2.25 bits per heavy atom. The van der Waals surface area contributed by atoms with E-state index < -0.39 is 0 Å². The predicted molar refractivity (Wildman–Crippen MR) is 76.5 cm³/mol. The van der Waals surface area contributed by atoms with E-state index in [4.69, 9.17) is 10.2 Å². The van der Waals surface area contributed by atoms with Gasteiger partial charge in [-0.25, -0.2) is 0 Å². The number of rotatable bonds is 3. The van der Waals surface area contributed by atoms with Crippen molar-refractivity contribution in [1.29, 1.82) is 0 Å². The topological polar surface area (TPSA) is 64.9 Å². The van der Waals surface area contributed by atoms with Gasteiger partial charge in [-0.05, 0) is 68.6 Å². The van der Waals surface area contributed by atoms with Crippen LogP contribution in [0.15, 0.2) is 11.0 Å². The van der Waals surface area contributed by atoms with Crippen molar-refractivity contribution in [3.63, 3.8) is 0 Å². The van der Waals surface area contributed by atoms with Crippen LogP contribution in [0.1, 0.15) is 56.9 Å². The van der Waals surface area contributed by atoms with E-state index in [1.54, 1.807) is 0 Å². The summed E-state index contributed by atoms with van der Waals surface area (Å²) in [7, 11) is 0. The first-order valence-corrected chi connectivity index (χ1v) is 7.90. The zero-order chi connectivity index (χ0) is 13.9. The molecule has 1 aromatic rings. The molecule has 0 amide bonds. The fourth-order valence-electron chi connectivity index (χ4n) is 5.19. The van der Waals surface area contributed by atoms with Gasteiger partial charge >= 0.3 is 0 Å². The molecule has 108 valence electrons. The molecule has 0 spiro atoms. The molecule has 1 aromatic heterocycles. The minimum atomic E-state index is -0.206. The molecule has 4 heteroatoms. The number of allylic oxidation sites excluding steroid dienone is 1. The lowest BCUT2D eigenvalue weighted by Crippen LogP contribution is -2.45. The maximum Gasteiger partial charge on any atom is 0.243 e. The highest BCUT2D eigenvalue weighted by molar-refractivity contribution is 5.59. The monoisotopic (exact) mass is 273 g/mol. The summed E-state index contributed by atoms with van der Waals surface area (Å²) in [4.78, 5) is 0. The largest absolute Gasteiger partial charge is 0.419 e. The highest BCUT2D eigenvalue weighted by Gasteiger charge is 2.49. The third-order valence-corrected chi connectivity index (χ3v) is 5.73. The lowest BCUT2D eigenvalue weighted by atomic mass is 9.50. The molecule has 4 nitrogen and oxygen atoms in total. The van der Waals surface area contributed by atoms with Crippen LogP contribution in [-0.2, 0) is 0 Å². The normalized spacial score (nSPS) is 40.0. The quantitative estimate of drug-likeness (QED) is 0.918. The number of hydrogen-bond donors (Lipinski definition) is 1. The summed E-state index contributed by atoms with van der Waals surface area (Å²) >= 11 is 0. The molecule has 4 saturated carbocycles. The van der Waals surface area contributed by atoms with Crippen LogP contribution in [-0.4, -0.2) is 10.2 Å². The molecule has 0 radical (unpaired) electrons. The van der Waals surface area contributed by atoms with E-state index in [-0.39, 0.29) is 6.04 Å². The third-order valence-electron chi connectivity index (χ3n) is 5.73. The van der Waals surface area contributed by atoms with E-state index in [1.807, 2.05) is 6.92 Å². The first-order valence-electron chi connectivity index (χ1n) is 7.90. The highest BCUT2D eigenvalue weighted by Crippen LogP contribution is 2.59. The standard InChI is InChI=1S/C16H23N3O/c1-8(15-18-19-16(20-15)9(2)17)14-12-4-10-3-11(6-12)7-13(14)5-10/h9-14H,1,3-7,17H2,2H3. The van der Waals surface area contributed by atoms with Gasteiger partial charge < -0.3 is 10.2 Å². The minimum Gasteiger partial charge on any atom is -0.419 e. The highest BCUT2D eigenvalue weighted by atomic mass is 16.4. The van der Waals surface area contributed by atoms with Crippen LogP contribution >= 0.6 is 0 Å². The van der Waals surface area contributed by atoms with Crippen LogP contribution in [0.2, 0.25) is 0 Å². The van der Waals surface area contributed by atoms with Crippen molar-refractivity contribution in [3.05, 3.63) is 18.4 Å². The molecule has 4 fully saturated rings. The van der Waals surface area contributed by atoms with Crippen molar-refractivity contribution in [2.75, 3.05) is 0 Å². The van der Waals surface area contributed by atoms with Gasteiger partial charge in [0.1, 0.15) is 0 Å². The zero-order valence-electron chi connectivity index (χ0n) is 12.1. The molecule has 0 aliphatic heterocycles. The third kappa shape index (κ3) is 1.85. The van der Waals surface area contributed by atoms with E-state index in [2.05, 4.69) is 16.8 Å². The van der Waals surface area contributed by atoms with E-state index >= 15 is 0 Å². The summed E-state index contributed by atoms with van der Waals surface area (Å²) in [6, 6.07) is -0.206. The van der Waals surface area contributed by atoms with Gasteiger partial charge in [-0.2, -0.15) is 0 Å². The zero-order valence-corrected chi connectivity index (χ0v) is 12.1. The summed E-state index contributed by atoms with van der Waals surface area (Å²) < 4.78 is 5.72. The second kappa shape index (κ2) is 4.42. The number of nitrogens with two attached hydrogens (primary N) is 1. The van der Waals surface area contributed by atoms with Crippen molar-refractivity contribution in [2.45, 2.75) is 45.1 Å². The van der Waals surface area contributed by atoms with Crippen LogP contribution in [0.5, 0.6) is 0 Å². The Morgan fingerprint density at radius 2 is 1.75 bits per heavy atom. The molecule has 1 heterocycles. The first-order chi connectivity index (χ1) is 9.61. The number of nitrogens with zero attached hydrogens (tertiary/aromatic N) is 2. The molecule has 4 aliphatic rings. The Bertz CT molecular complexity index is 506.